The van der Waals surface area contributed by atoms with Crippen LogP contribution in [0.25, 0.3) is 0 Å². The summed E-state index contributed by atoms with van der Waals surface area (Å²) >= 11 is 0. The van der Waals surface area contributed by atoms with Crippen molar-refractivity contribution in [3.05, 3.63) is 0 Å². The monoisotopic (exact) mass is 283 g/mol. The third kappa shape index (κ3) is 4.47. The summed E-state index contributed by atoms with van der Waals surface area (Å²) in [5.41, 5.74) is -0.500. The van der Waals surface area contributed by atoms with E-state index in [1.807, 2.05) is 0 Å². The Kier molecular flexibility index (Phi) is 7.01. The van der Waals surface area contributed by atoms with Crippen LogP contribution in [-0.2, 0) is 4.79 Å². The molecule has 0 aromatic carbocycles. The molecular formula is C17H33NO2. The van der Waals surface area contributed by atoms with Gasteiger partial charge in [0.2, 0.25) is 0 Å². The zero-order valence-electron chi connectivity index (χ0n) is 13.8. The first-order chi connectivity index (χ1) is 9.47. The highest BCUT2D eigenvalue weighted by atomic mass is 16.4. The van der Waals surface area contributed by atoms with Gasteiger partial charge in [-0.1, -0.05) is 53.4 Å². The molecule has 0 heterocycles. The van der Waals surface area contributed by atoms with Crippen molar-refractivity contribution in [3.8, 4) is 0 Å². The average Bonchev–Trinajstić information content (AvgIpc) is 2.43. The van der Waals surface area contributed by atoms with Gasteiger partial charge >= 0.3 is 5.97 Å². The van der Waals surface area contributed by atoms with E-state index in [4.69, 9.17) is 0 Å². The number of nitrogens with zero attached hydrogens (tertiary/aromatic N) is 1. The second kappa shape index (κ2) is 8.02. The fourth-order valence-corrected chi connectivity index (χ4v) is 3.71. The molecule has 3 nitrogen and oxygen atoms in total. The average molecular weight is 283 g/mol. The quantitative estimate of drug-likeness (QED) is 0.731. The number of hydrogen-bond acceptors (Lipinski definition) is 2. The van der Waals surface area contributed by atoms with Gasteiger partial charge in [0.05, 0.1) is 5.41 Å². The Morgan fingerprint density at radius 3 is 2.45 bits per heavy atom. The number of carboxylic acid groups (broad SMARTS) is 1. The summed E-state index contributed by atoms with van der Waals surface area (Å²) in [4.78, 5) is 14.3. The first-order valence-electron chi connectivity index (χ1n) is 8.43. The predicted molar refractivity (Wildman–Crippen MR) is 83.9 cm³/mol. The minimum Gasteiger partial charge on any atom is -0.481 e. The summed E-state index contributed by atoms with van der Waals surface area (Å²) in [6, 6.07) is 0. The molecule has 2 atom stereocenters. The molecule has 0 saturated heterocycles. The Balaban J connectivity index is 2.74. The van der Waals surface area contributed by atoms with Gasteiger partial charge in [0, 0.05) is 13.1 Å². The minimum absolute atomic E-state index is 0.500. The maximum Gasteiger partial charge on any atom is 0.310 e. The fraction of sp³-hybridized carbons (Fsp3) is 0.941. The zero-order chi connectivity index (χ0) is 15.2. The van der Waals surface area contributed by atoms with Crippen LogP contribution >= 0.6 is 0 Å². The van der Waals surface area contributed by atoms with E-state index >= 15 is 0 Å². The Bertz CT molecular complexity index is 301. The van der Waals surface area contributed by atoms with Crippen molar-refractivity contribution < 1.29 is 9.90 Å². The standard InChI is InChI=1S/C17H33NO2/c1-5-15(6-2)12-18(7-3)13-17(16(19)20)10-8-9-14(4)11-17/h14-15H,5-13H2,1-4H3,(H,19,20). The van der Waals surface area contributed by atoms with E-state index in [2.05, 4.69) is 32.6 Å². The highest BCUT2D eigenvalue weighted by Gasteiger charge is 2.42. The van der Waals surface area contributed by atoms with Crippen LogP contribution in [0.15, 0.2) is 0 Å². The summed E-state index contributed by atoms with van der Waals surface area (Å²) < 4.78 is 0. The van der Waals surface area contributed by atoms with Gasteiger partial charge in [0.25, 0.3) is 0 Å². The van der Waals surface area contributed by atoms with Crippen molar-refractivity contribution in [2.24, 2.45) is 17.3 Å². The first kappa shape index (κ1) is 17.5. The molecule has 1 aliphatic rings. The van der Waals surface area contributed by atoms with Crippen molar-refractivity contribution in [2.45, 2.75) is 66.2 Å². The third-order valence-electron chi connectivity index (χ3n) is 5.19. The van der Waals surface area contributed by atoms with Crippen molar-refractivity contribution >= 4 is 5.97 Å². The third-order valence-corrected chi connectivity index (χ3v) is 5.19. The maximum absolute atomic E-state index is 11.9. The van der Waals surface area contributed by atoms with E-state index in [1.165, 1.54) is 19.3 Å². The Morgan fingerprint density at radius 2 is 2.00 bits per heavy atom. The molecule has 0 radical (unpaired) electrons. The van der Waals surface area contributed by atoms with Gasteiger partial charge in [-0.25, -0.2) is 0 Å². The van der Waals surface area contributed by atoms with Crippen LogP contribution < -0.4 is 0 Å². The van der Waals surface area contributed by atoms with E-state index in [1.54, 1.807) is 0 Å². The van der Waals surface area contributed by atoms with Crippen molar-refractivity contribution in [3.63, 3.8) is 0 Å². The minimum atomic E-state index is -0.577. The van der Waals surface area contributed by atoms with Crippen molar-refractivity contribution in [2.75, 3.05) is 19.6 Å². The van der Waals surface area contributed by atoms with Crippen LogP contribution in [0.4, 0.5) is 0 Å². The van der Waals surface area contributed by atoms with E-state index in [-0.39, 0.29) is 0 Å². The topological polar surface area (TPSA) is 40.5 Å². The van der Waals surface area contributed by atoms with Gasteiger partial charge in [-0.15, -0.1) is 0 Å². The first-order valence-corrected chi connectivity index (χ1v) is 8.43. The van der Waals surface area contributed by atoms with Crippen LogP contribution in [0.3, 0.4) is 0 Å². The molecule has 0 spiro atoms. The summed E-state index contributed by atoms with van der Waals surface area (Å²) in [7, 11) is 0. The van der Waals surface area contributed by atoms with Crippen LogP contribution in [0.1, 0.15) is 66.2 Å². The molecule has 0 aromatic rings. The molecule has 1 aliphatic carbocycles. The molecule has 0 aliphatic heterocycles. The molecule has 0 bridgehead atoms. The molecule has 118 valence electrons. The lowest BCUT2D eigenvalue weighted by Crippen LogP contribution is -2.47. The lowest BCUT2D eigenvalue weighted by Gasteiger charge is -2.40. The van der Waals surface area contributed by atoms with Gasteiger partial charge in [-0.2, -0.15) is 0 Å². The SMILES string of the molecule is CCC(CC)CN(CC)CC1(C(=O)O)CCCC(C)C1. The van der Waals surface area contributed by atoms with E-state index in [9.17, 15) is 9.90 Å². The molecule has 2 unspecified atom stereocenters. The van der Waals surface area contributed by atoms with E-state index in [0.717, 1.165) is 38.9 Å². The van der Waals surface area contributed by atoms with Crippen LogP contribution in [0.5, 0.6) is 0 Å². The smallest absolute Gasteiger partial charge is 0.310 e. The molecular weight excluding hydrogens is 250 g/mol. The lowest BCUT2D eigenvalue weighted by molar-refractivity contribution is -0.153. The number of carbonyl (C=O) groups is 1. The van der Waals surface area contributed by atoms with E-state index in [0.29, 0.717) is 11.8 Å². The molecule has 1 fully saturated rings. The highest BCUT2D eigenvalue weighted by Crippen LogP contribution is 2.40. The zero-order valence-corrected chi connectivity index (χ0v) is 13.8. The molecule has 3 heteroatoms. The lowest BCUT2D eigenvalue weighted by atomic mass is 9.69. The van der Waals surface area contributed by atoms with Crippen LogP contribution in [-0.4, -0.2) is 35.6 Å². The molecule has 1 rings (SSSR count). The molecule has 1 saturated carbocycles. The highest BCUT2D eigenvalue weighted by molar-refractivity contribution is 5.75. The van der Waals surface area contributed by atoms with Gasteiger partial charge in [0.15, 0.2) is 0 Å². The Hall–Kier alpha value is -0.570. The largest absolute Gasteiger partial charge is 0.481 e. The molecule has 0 amide bonds. The van der Waals surface area contributed by atoms with Gasteiger partial charge in [-0.05, 0) is 31.2 Å². The number of rotatable bonds is 8. The maximum atomic E-state index is 11.9. The van der Waals surface area contributed by atoms with E-state index < -0.39 is 11.4 Å². The van der Waals surface area contributed by atoms with Crippen molar-refractivity contribution in [1.29, 1.82) is 0 Å². The van der Waals surface area contributed by atoms with Crippen LogP contribution in [0.2, 0.25) is 0 Å². The number of aliphatic carboxylic acids is 1. The summed E-state index contributed by atoms with van der Waals surface area (Å²) in [6.07, 6.45) is 6.32. The second-order valence-corrected chi connectivity index (χ2v) is 6.80. The summed E-state index contributed by atoms with van der Waals surface area (Å²) in [5.74, 6) is 0.667. The number of carboxylic acids is 1. The van der Waals surface area contributed by atoms with Gasteiger partial charge in [-0.3, -0.25) is 4.79 Å². The number of hydrogen-bond donors (Lipinski definition) is 1. The normalized spacial score (nSPS) is 27.2. The Morgan fingerprint density at radius 1 is 1.35 bits per heavy atom. The van der Waals surface area contributed by atoms with Gasteiger partial charge < -0.3 is 10.0 Å². The van der Waals surface area contributed by atoms with Crippen molar-refractivity contribution in [1.82, 2.24) is 4.90 Å². The summed E-state index contributed by atoms with van der Waals surface area (Å²) in [5, 5.41) is 9.77. The van der Waals surface area contributed by atoms with Gasteiger partial charge in [0.1, 0.15) is 0 Å². The fourth-order valence-electron chi connectivity index (χ4n) is 3.71. The summed E-state index contributed by atoms with van der Waals surface area (Å²) in [6.45, 7) is 11.6. The Labute approximate surface area is 124 Å². The molecule has 0 aromatic heterocycles. The second-order valence-electron chi connectivity index (χ2n) is 6.80. The van der Waals surface area contributed by atoms with Crippen LogP contribution in [0, 0.1) is 17.3 Å². The predicted octanol–water partition coefficient (Wildman–Crippen LogP) is 4.03. The molecule has 20 heavy (non-hydrogen) atoms. The molecule has 1 N–H and O–H groups in total.